The van der Waals surface area contributed by atoms with E-state index in [0.717, 1.165) is 15.1 Å². The number of nitrogens with one attached hydrogen (secondary N) is 1. The molecule has 0 heterocycles. The summed E-state index contributed by atoms with van der Waals surface area (Å²) in [5, 5.41) is 1.77. The summed E-state index contributed by atoms with van der Waals surface area (Å²) in [6, 6.07) is 18.0. The van der Waals surface area contributed by atoms with Crippen LogP contribution < -0.4 is 4.72 Å². The third-order valence-electron chi connectivity index (χ3n) is 3.92. The molecule has 3 aromatic rings. The predicted molar refractivity (Wildman–Crippen MR) is 102 cm³/mol. The minimum absolute atomic E-state index is 0.0937. The van der Waals surface area contributed by atoms with Crippen LogP contribution in [0.3, 0.4) is 0 Å². The van der Waals surface area contributed by atoms with E-state index < -0.39 is 20.0 Å². The number of benzene rings is 3. The van der Waals surface area contributed by atoms with E-state index in [9.17, 15) is 16.8 Å². The standard InChI is InChI=1S/C18H18N2O4S2/c1-20(2)26(23,24)17-11-8-16(9-12-17)19-25(21,22)18-10-7-14-5-3-4-6-15(14)13-18/h3-13,19H,1-2H3. The van der Waals surface area contributed by atoms with Crippen LogP contribution >= 0.6 is 0 Å². The van der Waals surface area contributed by atoms with Crippen molar-refractivity contribution in [1.82, 2.24) is 4.31 Å². The van der Waals surface area contributed by atoms with E-state index in [1.165, 1.54) is 44.4 Å². The fourth-order valence-corrected chi connectivity index (χ4v) is 4.45. The number of sulfonamides is 2. The van der Waals surface area contributed by atoms with E-state index >= 15 is 0 Å². The highest BCUT2D eigenvalue weighted by Crippen LogP contribution is 2.22. The maximum absolute atomic E-state index is 12.6. The minimum Gasteiger partial charge on any atom is -0.280 e. The van der Waals surface area contributed by atoms with Crippen LogP contribution in [0.2, 0.25) is 0 Å². The third-order valence-corrected chi connectivity index (χ3v) is 7.12. The van der Waals surface area contributed by atoms with Gasteiger partial charge in [-0.05, 0) is 47.2 Å². The van der Waals surface area contributed by atoms with Gasteiger partial charge in [-0.1, -0.05) is 30.3 Å². The quantitative estimate of drug-likeness (QED) is 0.726. The fraction of sp³-hybridized carbons (Fsp3) is 0.111. The average molecular weight is 390 g/mol. The molecule has 26 heavy (non-hydrogen) atoms. The Bertz CT molecular complexity index is 1150. The lowest BCUT2D eigenvalue weighted by atomic mass is 10.1. The number of fused-ring (bicyclic) bond motifs is 1. The first-order valence-corrected chi connectivity index (χ1v) is 10.7. The summed E-state index contributed by atoms with van der Waals surface area (Å²) in [4.78, 5) is 0.234. The summed E-state index contributed by atoms with van der Waals surface area (Å²) >= 11 is 0. The zero-order chi connectivity index (χ0) is 18.9. The molecule has 0 aliphatic carbocycles. The Morgan fingerprint density at radius 2 is 1.31 bits per heavy atom. The van der Waals surface area contributed by atoms with Crippen LogP contribution in [0.25, 0.3) is 10.8 Å². The van der Waals surface area contributed by atoms with Gasteiger partial charge in [-0.15, -0.1) is 0 Å². The van der Waals surface area contributed by atoms with Crippen molar-refractivity contribution in [2.75, 3.05) is 18.8 Å². The molecule has 0 amide bonds. The molecule has 0 aromatic heterocycles. The van der Waals surface area contributed by atoms with E-state index in [1.54, 1.807) is 12.1 Å². The monoisotopic (exact) mass is 390 g/mol. The lowest BCUT2D eigenvalue weighted by molar-refractivity contribution is 0.521. The van der Waals surface area contributed by atoms with Crippen molar-refractivity contribution in [3.63, 3.8) is 0 Å². The second-order valence-corrected chi connectivity index (χ2v) is 9.76. The molecule has 3 rings (SSSR count). The van der Waals surface area contributed by atoms with Gasteiger partial charge >= 0.3 is 0 Å². The Morgan fingerprint density at radius 3 is 1.92 bits per heavy atom. The van der Waals surface area contributed by atoms with Crippen LogP contribution in [0.15, 0.2) is 76.5 Å². The van der Waals surface area contributed by atoms with Crippen molar-refractivity contribution in [1.29, 1.82) is 0 Å². The molecular formula is C18H18N2O4S2. The second-order valence-electron chi connectivity index (χ2n) is 5.93. The molecule has 0 aliphatic rings. The summed E-state index contributed by atoms with van der Waals surface area (Å²) in [5.41, 5.74) is 0.288. The van der Waals surface area contributed by atoms with E-state index in [2.05, 4.69) is 4.72 Å². The van der Waals surface area contributed by atoms with Crippen molar-refractivity contribution in [3.8, 4) is 0 Å². The van der Waals surface area contributed by atoms with Gasteiger partial charge in [0, 0.05) is 19.8 Å². The van der Waals surface area contributed by atoms with Gasteiger partial charge in [-0.2, -0.15) is 0 Å². The highest BCUT2D eigenvalue weighted by atomic mass is 32.2. The first-order chi connectivity index (χ1) is 12.2. The molecule has 1 N–H and O–H groups in total. The second kappa shape index (κ2) is 6.71. The molecular weight excluding hydrogens is 372 g/mol. The maximum atomic E-state index is 12.6. The molecule has 6 nitrogen and oxygen atoms in total. The van der Waals surface area contributed by atoms with Crippen LogP contribution in [0.1, 0.15) is 0 Å². The van der Waals surface area contributed by atoms with E-state index in [0.29, 0.717) is 0 Å². The largest absolute Gasteiger partial charge is 0.280 e. The molecule has 0 radical (unpaired) electrons. The van der Waals surface area contributed by atoms with Gasteiger partial charge < -0.3 is 0 Å². The Hall–Kier alpha value is -2.42. The zero-order valence-corrected chi connectivity index (χ0v) is 15.9. The molecule has 0 unspecified atom stereocenters. The topological polar surface area (TPSA) is 83.6 Å². The van der Waals surface area contributed by atoms with Crippen molar-refractivity contribution < 1.29 is 16.8 Å². The Labute approximate surface area is 153 Å². The normalized spacial score (nSPS) is 12.4. The van der Waals surface area contributed by atoms with Gasteiger partial charge in [0.15, 0.2) is 0 Å². The van der Waals surface area contributed by atoms with Crippen molar-refractivity contribution in [2.45, 2.75) is 9.79 Å². The smallest absolute Gasteiger partial charge is 0.261 e. The van der Waals surface area contributed by atoms with Crippen LogP contribution in [-0.4, -0.2) is 35.2 Å². The molecule has 0 atom stereocenters. The molecule has 3 aromatic carbocycles. The highest BCUT2D eigenvalue weighted by Gasteiger charge is 2.18. The Balaban J connectivity index is 1.89. The summed E-state index contributed by atoms with van der Waals surface area (Å²) < 4.78 is 52.9. The first kappa shape index (κ1) is 18.4. The van der Waals surface area contributed by atoms with E-state index in [4.69, 9.17) is 0 Å². The minimum atomic E-state index is -3.78. The van der Waals surface area contributed by atoms with Crippen LogP contribution in [-0.2, 0) is 20.0 Å². The van der Waals surface area contributed by atoms with Gasteiger partial charge in [0.25, 0.3) is 10.0 Å². The zero-order valence-electron chi connectivity index (χ0n) is 14.2. The highest BCUT2D eigenvalue weighted by molar-refractivity contribution is 7.92. The number of hydrogen-bond acceptors (Lipinski definition) is 4. The fourth-order valence-electron chi connectivity index (χ4n) is 2.45. The van der Waals surface area contributed by atoms with Crippen LogP contribution in [0.4, 0.5) is 5.69 Å². The molecule has 0 saturated carbocycles. The Morgan fingerprint density at radius 1 is 0.731 bits per heavy atom. The van der Waals surface area contributed by atoms with Gasteiger partial charge in [-0.3, -0.25) is 4.72 Å². The van der Waals surface area contributed by atoms with Gasteiger partial charge in [-0.25, -0.2) is 21.1 Å². The summed E-state index contributed by atoms with van der Waals surface area (Å²) in [6.45, 7) is 0. The van der Waals surface area contributed by atoms with E-state index in [-0.39, 0.29) is 15.5 Å². The lowest BCUT2D eigenvalue weighted by Crippen LogP contribution is -2.22. The molecule has 0 saturated heterocycles. The predicted octanol–water partition coefficient (Wildman–Crippen LogP) is 2.89. The first-order valence-electron chi connectivity index (χ1n) is 7.74. The Kier molecular flexibility index (Phi) is 4.74. The molecule has 0 aliphatic heterocycles. The lowest BCUT2D eigenvalue weighted by Gasteiger charge is -2.12. The van der Waals surface area contributed by atoms with Crippen LogP contribution in [0.5, 0.6) is 0 Å². The molecule has 8 heteroatoms. The SMILES string of the molecule is CN(C)S(=O)(=O)c1ccc(NS(=O)(=O)c2ccc3ccccc3c2)cc1. The summed E-state index contributed by atoms with van der Waals surface area (Å²) in [7, 11) is -4.46. The molecule has 0 bridgehead atoms. The van der Waals surface area contributed by atoms with Gasteiger partial charge in [0.2, 0.25) is 10.0 Å². The van der Waals surface area contributed by atoms with Gasteiger partial charge in [0.1, 0.15) is 0 Å². The number of nitrogens with zero attached hydrogens (tertiary/aromatic N) is 1. The van der Waals surface area contributed by atoms with Gasteiger partial charge in [0.05, 0.1) is 9.79 Å². The number of anilines is 1. The van der Waals surface area contributed by atoms with Crippen molar-refractivity contribution in [2.24, 2.45) is 0 Å². The molecule has 0 fully saturated rings. The average Bonchev–Trinajstić information content (AvgIpc) is 2.61. The van der Waals surface area contributed by atoms with Crippen molar-refractivity contribution in [3.05, 3.63) is 66.7 Å². The molecule has 0 spiro atoms. The molecule has 136 valence electrons. The maximum Gasteiger partial charge on any atom is 0.261 e. The third kappa shape index (κ3) is 3.57. The van der Waals surface area contributed by atoms with Crippen LogP contribution in [0, 0.1) is 0 Å². The summed E-state index contributed by atoms with van der Waals surface area (Å²) in [6.07, 6.45) is 0. The number of hydrogen-bond donors (Lipinski definition) is 1. The summed E-state index contributed by atoms with van der Waals surface area (Å²) in [5.74, 6) is 0. The van der Waals surface area contributed by atoms with Crippen molar-refractivity contribution >= 4 is 36.5 Å². The number of rotatable bonds is 5. The van der Waals surface area contributed by atoms with E-state index in [1.807, 2.05) is 24.3 Å².